The molecule has 0 saturated carbocycles. The van der Waals surface area contributed by atoms with Crippen LogP contribution in [-0.2, 0) is 14.3 Å². The third kappa shape index (κ3) is 7.40. The summed E-state index contributed by atoms with van der Waals surface area (Å²) in [5.74, 6) is -2.14. The Bertz CT molecular complexity index is 1070. The van der Waals surface area contributed by atoms with Crippen LogP contribution in [0, 0.1) is 18.7 Å². The Labute approximate surface area is 203 Å². The summed E-state index contributed by atoms with van der Waals surface area (Å²) in [4.78, 5) is 41.0. The number of aromatic nitrogens is 1. The first-order valence-corrected chi connectivity index (χ1v) is 11.1. The van der Waals surface area contributed by atoms with Crippen LogP contribution < -0.4 is 19.5 Å². The number of nitrogens with zero attached hydrogens (tertiary/aromatic N) is 1. The van der Waals surface area contributed by atoms with E-state index in [1.807, 2.05) is 13.8 Å². The quantitative estimate of drug-likeness (QED) is 0.503. The normalized spacial score (nSPS) is 13.4. The lowest BCUT2D eigenvalue weighted by atomic mass is 10.0. The van der Waals surface area contributed by atoms with E-state index in [0.29, 0.717) is 11.3 Å². The smallest absolute Gasteiger partial charge is 0.328 e. The minimum Gasteiger partial charge on any atom is -0.493 e. The van der Waals surface area contributed by atoms with Crippen molar-refractivity contribution >= 4 is 17.8 Å². The summed E-state index contributed by atoms with van der Waals surface area (Å²) in [6.07, 6.45) is 0.106. The Morgan fingerprint density at radius 1 is 1.06 bits per heavy atom. The molecule has 1 aromatic carbocycles. The molecule has 2 aromatic rings. The number of amides is 1. The van der Waals surface area contributed by atoms with Gasteiger partial charge >= 0.3 is 11.9 Å². The highest BCUT2D eigenvalue weighted by Gasteiger charge is 2.30. The summed E-state index contributed by atoms with van der Waals surface area (Å²) in [6, 6.07) is 4.54. The summed E-state index contributed by atoms with van der Waals surface area (Å²) in [6.45, 7) is 9.83. The Hall–Kier alpha value is -3.69. The van der Waals surface area contributed by atoms with Crippen LogP contribution in [-0.4, -0.2) is 48.2 Å². The number of benzene rings is 1. The van der Waals surface area contributed by atoms with Gasteiger partial charge in [-0.2, -0.15) is 0 Å². The number of hydrogen-bond acceptors (Lipinski definition) is 8. The molecular formula is C25H31FN2O7. The molecule has 0 fully saturated rings. The van der Waals surface area contributed by atoms with Crippen molar-refractivity contribution in [1.82, 2.24) is 10.3 Å². The summed E-state index contributed by atoms with van der Waals surface area (Å²) in [7, 11) is 1.35. The number of aryl methyl sites for hydroxylation is 1. The number of carbonyl (C=O) groups is 3. The second-order valence-corrected chi connectivity index (χ2v) is 8.36. The molecule has 1 N–H and O–H groups in total. The Morgan fingerprint density at radius 3 is 2.31 bits per heavy atom. The molecule has 9 nitrogen and oxygen atoms in total. The van der Waals surface area contributed by atoms with Crippen LogP contribution in [0.2, 0.25) is 0 Å². The molecular weight excluding hydrogens is 459 g/mol. The topological polar surface area (TPSA) is 113 Å². The van der Waals surface area contributed by atoms with Gasteiger partial charge in [0, 0.05) is 19.2 Å². The number of methoxy groups -OCH3 is 1. The molecule has 1 amide bonds. The molecule has 35 heavy (non-hydrogen) atoms. The van der Waals surface area contributed by atoms with E-state index in [1.165, 1.54) is 51.4 Å². The molecule has 0 radical (unpaired) electrons. The Balaban J connectivity index is 2.12. The number of pyridine rings is 1. The maximum absolute atomic E-state index is 13.4. The maximum atomic E-state index is 13.4. The number of hydrogen-bond donors (Lipinski definition) is 1. The lowest BCUT2D eigenvalue weighted by Gasteiger charge is -2.29. The number of ether oxygens (including phenoxy) is 4. The van der Waals surface area contributed by atoms with Crippen LogP contribution >= 0.6 is 0 Å². The number of halogens is 1. The van der Waals surface area contributed by atoms with Gasteiger partial charge in [-0.25, -0.2) is 14.2 Å². The summed E-state index contributed by atoms with van der Waals surface area (Å²) in [5.41, 5.74) is 0.392. The van der Waals surface area contributed by atoms with E-state index in [0.717, 1.165) is 0 Å². The van der Waals surface area contributed by atoms with Crippen LogP contribution in [0.5, 0.6) is 17.2 Å². The molecule has 3 atom stereocenters. The van der Waals surface area contributed by atoms with E-state index >= 15 is 0 Å². The van der Waals surface area contributed by atoms with Gasteiger partial charge in [-0.3, -0.25) is 9.59 Å². The van der Waals surface area contributed by atoms with Gasteiger partial charge in [-0.1, -0.05) is 13.8 Å². The highest BCUT2D eigenvalue weighted by Crippen LogP contribution is 2.30. The average molecular weight is 491 g/mol. The van der Waals surface area contributed by atoms with Crippen LogP contribution in [0.3, 0.4) is 0 Å². The summed E-state index contributed by atoms with van der Waals surface area (Å²) >= 11 is 0. The van der Waals surface area contributed by atoms with Gasteiger partial charge in [0.1, 0.15) is 29.8 Å². The third-order valence-electron chi connectivity index (χ3n) is 5.07. The molecule has 0 unspecified atom stereocenters. The van der Waals surface area contributed by atoms with E-state index < -0.39 is 36.1 Å². The number of esters is 2. The summed E-state index contributed by atoms with van der Waals surface area (Å²) < 4.78 is 35.2. The number of carbonyl (C=O) groups excluding carboxylic acids is 3. The maximum Gasteiger partial charge on any atom is 0.328 e. The largest absolute Gasteiger partial charge is 0.493 e. The number of rotatable bonds is 10. The number of nitrogens with one attached hydrogen (secondary N) is 1. The second kappa shape index (κ2) is 12.1. The first-order valence-electron chi connectivity index (χ1n) is 11.1. The van der Waals surface area contributed by atoms with E-state index in [1.54, 1.807) is 13.8 Å². The lowest BCUT2D eigenvalue weighted by molar-refractivity contribution is -0.158. The highest BCUT2D eigenvalue weighted by molar-refractivity contribution is 5.98. The van der Waals surface area contributed by atoms with Gasteiger partial charge in [-0.05, 0) is 50.5 Å². The van der Waals surface area contributed by atoms with Gasteiger partial charge < -0.3 is 24.3 Å². The predicted octanol–water partition coefficient (Wildman–Crippen LogP) is 3.62. The van der Waals surface area contributed by atoms with Crippen LogP contribution in [0.15, 0.2) is 30.5 Å². The van der Waals surface area contributed by atoms with Crippen molar-refractivity contribution in [1.29, 1.82) is 0 Å². The van der Waals surface area contributed by atoms with Crippen LogP contribution in [0.25, 0.3) is 0 Å². The third-order valence-corrected chi connectivity index (χ3v) is 5.07. The molecule has 1 aromatic heterocycles. The fraction of sp³-hybridized carbons (Fsp3) is 0.440. The van der Waals surface area contributed by atoms with E-state index in [-0.39, 0.29) is 28.9 Å². The monoisotopic (exact) mass is 490 g/mol. The molecule has 10 heteroatoms. The van der Waals surface area contributed by atoms with Gasteiger partial charge in [0.2, 0.25) is 5.75 Å². The zero-order chi connectivity index (χ0) is 26.3. The van der Waals surface area contributed by atoms with Crippen LogP contribution in [0.1, 0.15) is 50.7 Å². The molecule has 2 rings (SSSR count). The molecule has 0 aliphatic rings. The summed E-state index contributed by atoms with van der Waals surface area (Å²) in [5, 5.41) is 2.50. The van der Waals surface area contributed by atoms with Crippen molar-refractivity contribution in [2.75, 3.05) is 7.11 Å². The predicted molar refractivity (Wildman–Crippen MR) is 125 cm³/mol. The first-order chi connectivity index (χ1) is 16.4. The molecule has 0 saturated heterocycles. The molecule has 0 aliphatic carbocycles. The molecule has 0 bridgehead atoms. The Morgan fingerprint density at radius 2 is 1.74 bits per heavy atom. The minimum absolute atomic E-state index is 0.117. The van der Waals surface area contributed by atoms with Gasteiger partial charge in [-0.15, -0.1) is 0 Å². The van der Waals surface area contributed by atoms with Crippen molar-refractivity contribution in [3.05, 3.63) is 47.5 Å². The standard InChI is InChI=1S/C25H31FN2O7/c1-13(2)22(16(5)33-19-9-8-18(26)12-14(19)3)35-25(31)15(4)28-24(30)21-23(34-17(6)29)20(32-7)10-11-27-21/h8-13,15-16,22H,1-7H3,(H,28,30)/t15-,16-,22+/m0/s1. The zero-order valence-electron chi connectivity index (χ0n) is 20.9. The zero-order valence-corrected chi connectivity index (χ0v) is 20.9. The van der Waals surface area contributed by atoms with Gasteiger partial charge in [0.15, 0.2) is 11.4 Å². The molecule has 0 spiro atoms. The van der Waals surface area contributed by atoms with E-state index in [2.05, 4.69) is 10.3 Å². The van der Waals surface area contributed by atoms with Crippen molar-refractivity contribution in [3.8, 4) is 17.2 Å². The molecule has 190 valence electrons. The Kier molecular flexibility index (Phi) is 9.56. The van der Waals surface area contributed by atoms with Crippen molar-refractivity contribution in [2.45, 2.75) is 59.8 Å². The van der Waals surface area contributed by atoms with Crippen LogP contribution in [0.4, 0.5) is 4.39 Å². The van der Waals surface area contributed by atoms with Gasteiger partial charge in [0.05, 0.1) is 7.11 Å². The average Bonchev–Trinajstić information content (AvgIpc) is 2.78. The fourth-order valence-corrected chi connectivity index (χ4v) is 3.34. The fourth-order valence-electron chi connectivity index (χ4n) is 3.34. The van der Waals surface area contributed by atoms with Crippen molar-refractivity contribution in [3.63, 3.8) is 0 Å². The molecule has 0 aliphatic heterocycles. The van der Waals surface area contributed by atoms with E-state index in [9.17, 15) is 18.8 Å². The van der Waals surface area contributed by atoms with Crippen molar-refractivity contribution in [2.24, 2.45) is 5.92 Å². The SMILES string of the molecule is COc1ccnc(C(=O)N[C@@H](C)C(=O)O[C@H](C(C)C)[C@H](C)Oc2ccc(F)cc2C)c1OC(C)=O. The first kappa shape index (κ1) is 27.6. The second-order valence-electron chi connectivity index (χ2n) is 8.36. The molecule has 1 heterocycles. The van der Waals surface area contributed by atoms with E-state index in [4.69, 9.17) is 18.9 Å². The van der Waals surface area contributed by atoms with Crippen molar-refractivity contribution < 1.29 is 37.7 Å². The van der Waals surface area contributed by atoms with Gasteiger partial charge in [0.25, 0.3) is 5.91 Å². The lowest BCUT2D eigenvalue weighted by Crippen LogP contribution is -2.45. The highest BCUT2D eigenvalue weighted by atomic mass is 19.1. The minimum atomic E-state index is -1.05.